The first-order valence-electron chi connectivity index (χ1n) is 4.85. The van der Waals surface area contributed by atoms with Crippen LogP contribution in [0, 0.1) is 12.7 Å². The van der Waals surface area contributed by atoms with Gasteiger partial charge in [0.1, 0.15) is 5.82 Å². The molecule has 0 aromatic heterocycles. The quantitative estimate of drug-likeness (QED) is 0.807. The molecule has 0 radical (unpaired) electrons. The average molecular weight is 211 g/mol. The van der Waals surface area contributed by atoms with E-state index in [1.54, 1.807) is 12.1 Å². The predicted octanol–water partition coefficient (Wildman–Crippen LogP) is 3.05. The lowest BCUT2D eigenvalue weighted by Gasteiger charge is -2.13. The Morgan fingerprint density at radius 3 is 2.93 bits per heavy atom. The number of nitrogens with one attached hydrogen (secondary N) is 1. The summed E-state index contributed by atoms with van der Waals surface area (Å²) in [5.41, 5.74) is 1.88. The van der Waals surface area contributed by atoms with Crippen LogP contribution in [0.1, 0.15) is 12.0 Å². The van der Waals surface area contributed by atoms with E-state index < -0.39 is 0 Å². The van der Waals surface area contributed by atoms with E-state index >= 15 is 0 Å². The van der Waals surface area contributed by atoms with E-state index in [0.29, 0.717) is 6.04 Å². The minimum absolute atomic E-state index is 0.154. The van der Waals surface area contributed by atoms with Gasteiger partial charge in [0.15, 0.2) is 0 Å². The van der Waals surface area contributed by atoms with Crippen molar-refractivity contribution in [1.82, 2.24) is 0 Å². The van der Waals surface area contributed by atoms with Crippen molar-refractivity contribution in [3.63, 3.8) is 0 Å². The molecule has 0 spiro atoms. The summed E-state index contributed by atoms with van der Waals surface area (Å²) in [4.78, 5) is 0. The van der Waals surface area contributed by atoms with E-state index in [0.717, 1.165) is 17.0 Å². The van der Waals surface area contributed by atoms with Crippen LogP contribution in [0.15, 0.2) is 18.2 Å². The number of thioether (sulfide) groups is 1. The Labute approximate surface area is 88.1 Å². The third-order valence-electron chi connectivity index (χ3n) is 2.34. The SMILES string of the molecule is Cc1cc(F)cc(N[C@H]2CCSC2)c1. The Morgan fingerprint density at radius 1 is 1.43 bits per heavy atom. The molecule has 0 unspecified atom stereocenters. The standard InChI is InChI=1S/C11H14FNS/c1-8-4-9(12)6-11(5-8)13-10-2-3-14-7-10/h4-6,10,13H,2-3,7H2,1H3/t10-/m0/s1. The molecule has 0 bridgehead atoms. The summed E-state index contributed by atoms with van der Waals surface area (Å²) < 4.78 is 13.1. The normalized spacial score (nSPS) is 21.1. The van der Waals surface area contributed by atoms with Gasteiger partial charge >= 0.3 is 0 Å². The molecule has 1 nitrogen and oxygen atoms in total. The van der Waals surface area contributed by atoms with E-state index in [4.69, 9.17) is 0 Å². The first-order valence-corrected chi connectivity index (χ1v) is 6.01. The molecular formula is C11H14FNS. The molecule has 1 saturated heterocycles. The summed E-state index contributed by atoms with van der Waals surface area (Å²) in [6, 6.07) is 5.62. The molecule has 1 fully saturated rings. The van der Waals surface area contributed by atoms with Gasteiger partial charge in [0.25, 0.3) is 0 Å². The highest BCUT2D eigenvalue weighted by molar-refractivity contribution is 7.99. The summed E-state index contributed by atoms with van der Waals surface area (Å²) in [6.07, 6.45) is 1.18. The van der Waals surface area contributed by atoms with Crippen LogP contribution in [0.5, 0.6) is 0 Å². The van der Waals surface area contributed by atoms with Crippen molar-refractivity contribution < 1.29 is 4.39 Å². The van der Waals surface area contributed by atoms with E-state index in [9.17, 15) is 4.39 Å². The molecule has 2 rings (SSSR count). The Kier molecular flexibility index (Phi) is 2.96. The van der Waals surface area contributed by atoms with E-state index in [2.05, 4.69) is 5.32 Å². The van der Waals surface area contributed by atoms with Crippen molar-refractivity contribution in [2.24, 2.45) is 0 Å². The predicted molar refractivity (Wildman–Crippen MR) is 60.5 cm³/mol. The van der Waals surface area contributed by atoms with E-state index in [-0.39, 0.29) is 5.82 Å². The van der Waals surface area contributed by atoms with Crippen molar-refractivity contribution in [3.05, 3.63) is 29.6 Å². The van der Waals surface area contributed by atoms with Gasteiger partial charge in [0.05, 0.1) is 0 Å². The van der Waals surface area contributed by atoms with Gasteiger partial charge in [-0.05, 0) is 42.9 Å². The molecule has 14 heavy (non-hydrogen) atoms. The van der Waals surface area contributed by atoms with Crippen LogP contribution < -0.4 is 5.32 Å². The molecule has 1 heterocycles. The molecule has 1 atom stereocenters. The van der Waals surface area contributed by atoms with Crippen LogP contribution in [-0.4, -0.2) is 17.5 Å². The summed E-state index contributed by atoms with van der Waals surface area (Å²) in [6.45, 7) is 1.91. The maximum atomic E-state index is 13.1. The molecule has 1 aromatic rings. The monoisotopic (exact) mass is 211 g/mol. The molecule has 76 valence electrons. The molecule has 0 aliphatic carbocycles. The summed E-state index contributed by atoms with van der Waals surface area (Å²) in [5.74, 6) is 2.19. The van der Waals surface area contributed by atoms with Gasteiger partial charge in [-0.25, -0.2) is 4.39 Å². The van der Waals surface area contributed by atoms with Gasteiger partial charge in [-0.3, -0.25) is 0 Å². The van der Waals surface area contributed by atoms with Crippen LogP contribution >= 0.6 is 11.8 Å². The summed E-state index contributed by atoms with van der Waals surface area (Å²) in [5, 5.41) is 3.36. The highest BCUT2D eigenvalue weighted by Gasteiger charge is 2.14. The highest BCUT2D eigenvalue weighted by atomic mass is 32.2. The lowest BCUT2D eigenvalue weighted by Crippen LogP contribution is -2.18. The number of hydrogen-bond donors (Lipinski definition) is 1. The van der Waals surface area contributed by atoms with Gasteiger partial charge in [-0.1, -0.05) is 0 Å². The number of halogens is 1. The largest absolute Gasteiger partial charge is 0.381 e. The molecular weight excluding hydrogens is 197 g/mol. The maximum absolute atomic E-state index is 13.1. The van der Waals surface area contributed by atoms with Crippen molar-refractivity contribution in [3.8, 4) is 0 Å². The van der Waals surface area contributed by atoms with Gasteiger partial charge in [-0.15, -0.1) is 0 Å². The van der Waals surface area contributed by atoms with Gasteiger partial charge in [0, 0.05) is 17.5 Å². The number of anilines is 1. The number of hydrogen-bond acceptors (Lipinski definition) is 2. The Hall–Kier alpha value is -0.700. The van der Waals surface area contributed by atoms with Gasteiger partial charge in [-0.2, -0.15) is 11.8 Å². The Morgan fingerprint density at radius 2 is 2.29 bits per heavy atom. The fourth-order valence-corrected chi connectivity index (χ4v) is 2.86. The zero-order valence-electron chi connectivity index (χ0n) is 8.22. The average Bonchev–Trinajstić information content (AvgIpc) is 2.54. The smallest absolute Gasteiger partial charge is 0.125 e. The zero-order valence-corrected chi connectivity index (χ0v) is 9.03. The topological polar surface area (TPSA) is 12.0 Å². The Balaban J connectivity index is 2.07. The second-order valence-electron chi connectivity index (χ2n) is 3.72. The van der Waals surface area contributed by atoms with Crippen molar-refractivity contribution in [1.29, 1.82) is 0 Å². The first-order chi connectivity index (χ1) is 6.74. The number of benzene rings is 1. The molecule has 1 aliphatic rings. The lowest BCUT2D eigenvalue weighted by atomic mass is 10.2. The molecule has 0 amide bonds. The van der Waals surface area contributed by atoms with Crippen molar-refractivity contribution >= 4 is 17.4 Å². The van der Waals surface area contributed by atoms with Gasteiger partial charge < -0.3 is 5.32 Å². The van der Waals surface area contributed by atoms with E-state index in [1.807, 2.05) is 24.8 Å². The molecule has 1 aliphatic heterocycles. The molecule has 0 saturated carbocycles. The van der Waals surface area contributed by atoms with Crippen molar-refractivity contribution in [2.75, 3.05) is 16.8 Å². The number of aryl methyl sites for hydroxylation is 1. The second-order valence-corrected chi connectivity index (χ2v) is 4.87. The lowest BCUT2D eigenvalue weighted by molar-refractivity contribution is 0.626. The minimum atomic E-state index is -0.154. The number of rotatable bonds is 2. The molecule has 3 heteroatoms. The van der Waals surface area contributed by atoms with Crippen LogP contribution in [0.4, 0.5) is 10.1 Å². The maximum Gasteiger partial charge on any atom is 0.125 e. The third-order valence-corrected chi connectivity index (χ3v) is 3.51. The van der Waals surface area contributed by atoms with E-state index in [1.165, 1.54) is 12.2 Å². The third kappa shape index (κ3) is 2.41. The first kappa shape index (κ1) is 9.84. The fraction of sp³-hybridized carbons (Fsp3) is 0.455. The van der Waals surface area contributed by atoms with Gasteiger partial charge in [0.2, 0.25) is 0 Å². The minimum Gasteiger partial charge on any atom is -0.381 e. The molecule has 1 aromatic carbocycles. The summed E-state index contributed by atoms with van der Waals surface area (Å²) in [7, 11) is 0. The van der Waals surface area contributed by atoms with Crippen LogP contribution in [0.25, 0.3) is 0 Å². The van der Waals surface area contributed by atoms with Crippen LogP contribution in [0.3, 0.4) is 0 Å². The van der Waals surface area contributed by atoms with Crippen molar-refractivity contribution in [2.45, 2.75) is 19.4 Å². The van der Waals surface area contributed by atoms with Crippen LogP contribution in [0.2, 0.25) is 0 Å². The Bertz CT molecular complexity index is 301. The summed E-state index contributed by atoms with van der Waals surface area (Å²) >= 11 is 1.95. The fourth-order valence-electron chi connectivity index (χ4n) is 1.70. The zero-order chi connectivity index (χ0) is 9.97. The molecule has 1 N–H and O–H groups in total. The van der Waals surface area contributed by atoms with Crippen LogP contribution in [-0.2, 0) is 0 Å². The second kappa shape index (κ2) is 4.22. The highest BCUT2D eigenvalue weighted by Crippen LogP contribution is 2.22.